The van der Waals surface area contributed by atoms with Crippen LogP contribution in [0.1, 0.15) is 5.56 Å². The molecule has 4 aromatic rings. The Morgan fingerprint density at radius 1 is 1.31 bits per heavy atom. The molecule has 0 radical (unpaired) electrons. The summed E-state index contributed by atoms with van der Waals surface area (Å²) in [6.45, 7) is 0. The summed E-state index contributed by atoms with van der Waals surface area (Å²) < 4.78 is 1.94. The fourth-order valence-electron chi connectivity index (χ4n) is 2.82. The summed E-state index contributed by atoms with van der Waals surface area (Å²) in [7, 11) is 3.76. The van der Waals surface area contributed by atoms with Gasteiger partial charge < -0.3 is 15.0 Å². The van der Waals surface area contributed by atoms with Gasteiger partial charge in [-0.3, -0.25) is 0 Å². The molecule has 0 atom stereocenters. The van der Waals surface area contributed by atoms with Gasteiger partial charge in [0.2, 0.25) is 0 Å². The third-order valence-corrected chi connectivity index (χ3v) is 5.00. The van der Waals surface area contributed by atoms with E-state index in [-0.39, 0.29) is 0 Å². The Labute approximate surface area is 152 Å². The van der Waals surface area contributed by atoms with E-state index < -0.39 is 5.97 Å². The molecule has 0 fully saturated rings. The summed E-state index contributed by atoms with van der Waals surface area (Å²) in [6.07, 6.45) is 4.44. The van der Waals surface area contributed by atoms with Gasteiger partial charge in [-0.15, -0.1) is 0 Å². The zero-order chi connectivity index (χ0) is 18.3. The van der Waals surface area contributed by atoms with Crippen LogP contribution in [0, 0.1) is 0 Å². The summed E-state index contributed by atoms with van der Waals surface area (Å²) in [6, 6.07) is 7.60. The topological polar surface area (TPSA) is 92.9 Å². The van der Waals surface area contributed by atoms with Crippen LogP contribution in [0.4, 0.5) is 5.82 Å². The molecule has 0 unspecified atom stereocenters. The maximum atomic E-state index is 10.7. The average Bonchev–Trinajstić information content (AvgIpc) is 3.23. The van der Waals surface area contributed by atoms with Crippen molar-refractivity contribution in [3.8, 4) is 10.6 Å². The number of carboxylic acid groups (broad SMARTS) is 1. The summed E-state index contributed by atoms with van der Waals surface area (Å²) in [5.74, 6) is -0.251. The van der Waals surface area contributed by atoms with Crippen molar-refractivity contribution in [2.45, 2.75) is 0 Å². The Bertz CT molecular complexity index is 1180. The monoisotopic (exact) mass is 365 g/mol. The smallest absolute Gasteiger partial charge is 0.328 e. The maximum absolute atomic E-state index is 10.7. The Balaban J connectivity index is 1.88. The van der Waals surface area contributed by atoms with Crippen LogP contribution in [0.15, 0.2) is 36.7 Å². The molecule has 8 heteroatoms. The number of fused-ring (bicyclic) bond motifs is 3. The number of hydrogen-bond donors (Lipinski definition) is 2. The van der Waals surface area contributed by atoms with E-state index in [4.69, 9.17) is 10.1 Å². The van der Waals surface area contributed by atoms with E-state index >= 15 is 0 Å². The number of rotatable bonds is 4. The number of imidazole rings is 1. The van der Waals surface area contributed by atoms with Crippen molar-refractivity contribution in [2.24, 2.45) is 7.05 Å². The maximum Gasteiger partial charge on any atom is 0.328 e. The SMILES string of the molecule is CNc1nc2sc(-c3cccc(/C=C/C(=O)O)c3)nc2c2c1ncn2C. The van der Waals surface area contributed by atoms with Gasteiger partial charge in [-0.2, -0.15) is 0 Å². The van der Waals surface area contributed by atoms with Gasteiger partial charge in [0.25, 0.3) is 0 Å². The molecule has 130 valence electrons. The minimum Gasteiger partial charge on any atom is -0.478 e. The number of nitrogens with zero attached hydrogens (tertiary/aromatic N) is 4. The number of thiazole rings is 1. The highest BCUT2D eigenvalue weighted by Crippen LogP contribution is 2.35. The molecule has 0 saturated heterocycles. The Hall–Kier alpha value is -3.26. The first kappa shape index (κ1) is 16.2. The standard InChI is InChI=1S/C18H15N5O2S/c1-19-16-13-15(23(2)9-20-13)14-18(22-16)26-17(21-14)11-5-3-4-10(8-11)6-7-12(24)25/h3-9H,1-2H3,(H,19,22)(H,24,25)/b7-6+. The molecule has 0 saturated carbocycles. The minimum absolute atomic E-state index is 0.724. The number of aliphatic carboxylic acids is 1. The van der Waals surface area contributed by atoms with E-state index in [1.54, 1.807) is 12.4 Å². The lowest BCUT2D eigenvalue weighted by Crippen LogP contribution is -1.95. The number of carboxylic acids is 1. The van der Waals surface area contributed by atoms with E-state index in [1.165, 1.54) is 11.3 Å². The van der Waals surface area contributed by atoms with E-state index in [0.29, 0.717) is 0 Å². The molecular weight excluding hydrogens is 350 g/mol. The molecule has 0 bridgehead atoms. The highest BCUT2D eigenvalue weighted by molar-refractivity contribution is 7.21. The fourth-order valence-corrected chi connectivity index (χ4v) is 3.76. The molecule has 0 spiro atoms. The van der Waals surface area contributed by atoms with Crippen molar-refractivity contribution in [3.05, 3.63) is 42.2 Å². The third kappa shape index (κ3) is 2.70. The lowest BCUT2D eigenvalue weighted by molar-refractivity contribution is -0.131. The second-order valence-corrected chi connectivity index (χ2v) is 6.71. The number of anilines is 1. The number of pyridine rings is 1. The lowest BCUT2D eigenvalue weighted by atomic mass is 10.1. The number of hydrogen-bond acceptors (Lipinski definition) is 6. The van der Waals surface area contributed by atoms with Gasteiger partial charge >= 0.3 is 5.97 Å². The van der Waals surface area contributed by atoms with Gasteiger partial charge in [0, 0.05) is 25.7 Å². The van der Waals surface area contributed by atoms with Crippen LogP contribution in [-0.2, 0) is 11.8 Å². The largest absolute Gasteiger partial charge is 0.478 e. The van der Waals surface area contributed by atoms with Crippen LogP contribution in [0.5, 0.6) is 0 Å². The van der Waals surface area contributed by atoms with Crippen LogP contribution < -0.4 is 5.32 Å². The van der Waals surface area contributed by atoms with Crippen LogP contribution >= 0.6 is 11.3 Å². The number of aryl methyl sites for hydroxylation is 1. The number of nitrogens with one attached hydrogen (secondary N) is 1. The molecule has 3 heterocycles. The second kappa shape index (κ2) is 6.23. The first-order chi connectivity index (χ1) is 12.6. The van der Waals surface area contributed by atoms with E-state index in [2.05, 4.69) is 15.3 Å². The zero-order valence-corrected chi connectivity index (χ0v) is 14.9. The molecule has 26 heavy (non-hydrogen) atoms. The van der Waals surface area contributed by atoms with Crippen LogP contribution in [0.2, 0.25) is 0 Å². The number of benzene rings is 1. The van der Waals surface area contributed by atoms with Crippen LogP contribution in [0.3, 0.4) is 0 Å². The quantitative estimate of drug-likeness (QED) is 0.539. The van der Waals surface area contributed by atoms with Crippen molar-refractivity contribution in [2.75, 3.05) is 12.4 Å². The van der Waals surface area contributed by atoms with E-state index in [0.717, 1.165) is 49.4 Å². The van der Waals surface area contributed by atoms with Gasteiger partial charge in [0.1, 0.15) is 26.4 Å². The molecule has 4 rings (SSSR count). The predicted octanol–water partition coefficient (Wildman–Crippen LogP) is 3.38. The van der Waals surface area contributed by atoms with E-state index in [9.17, 15) is 4.79 Å². The second-order valence-electron chi connectivity index (χ2n) is 5.73. The third-order valence-electron chi connectivity index (χ3n) is 4.00. The molecule has 0 aliphatic heterocycles. The van der Waals surface area contributed by atoms with Crippen molar-refractivity contribution < 1.29 is 9.90 Å². The Morgan fingerprint density at radius 3 is 2.92 bits per heavy atom. The molecule has 0 aliphatic rings. The molecule has 2 N–H and O–H groups in total. The fraction of sp³-hybridized carbons (Fsp3) is 0.111. The zero-order valence-electron chi connectivity index (χ0n) is 14.1. The molecular formula is C18H15N5O2S. The van der Waals surface area contributed by atoms with Gasteiger partial charge in [0.15, 0.2) is 5.82 Å². The molecule has 0 amide bonds. The first-order valence-corrected chi connectivity index (χ1v) is 8.69. The van der Waals surface area contributed by atoms with Crippen molar-refractivity contribution >= 4 is 50.6 Å². The molecule has 1 aromatic carbocycles. The van der Waals surface area contributed by atoms with Crippen LogP contribution in [0.25, 0.3) is 38.0 Å². The molecule has 0 aliphatic carbocycles. The van der Waals surface area contributed by atoms with Crippen molar-refractivity contribution in [3.63, 3.8) is 0 Å². The van der Waals surface area contributed by atoms with Gasteiger partial charge in [-0.05, 0) is 17.7 Å². The van der Waals surface area contributed by atoms with Crippen molar-refractivity contribution in [1.82, 2.24) is 19.5 Å². The highest BCUT2D eigenvalue weighted by atomic mass is 32.1. The Morgan fingerprint density at radius 2 is 2.15 bits per heavy atom. The van der Waals surface area contributed by atoms with Gasteiger partial charge in [0.05, 0.1) is 6.33 Å². The van der Waals surface area contributed by atoms with Gasteiger partial charge in [-0.1, -0.05) is 29.5 Å². The normalized spacial score (nSPS) is 11.6. The minimum atomic E-state index is -0.974. The predicted molar refractivity (Wildman–Crippen MR) is 103 cm³/mol. The van der Waals surface area contributed by atoms with Crippen LogP contribution in [-0.4, -0.2) is 37.6 Å². The van der Waals surface area contributed by atoms with E-state index in [1.807, 2.05) is 42.9 Å². The summed E-state index contributed by atoms with van der Waals surface area (Å²) in [5, 5.41) is 12.7. The first-order valence-electron chi connectivity index (χ1n) is 7.87. The summed E-state index contributed by atoms with van der Waals surface area (Å²) >= 11 is 1.50. The van der Waals surface area contributed by atoms with Gasteiger partial charge in [-0.25, -0.2) is 19.7 Å². The summed E-state index contributed by atoms with van der Waals surface area (Å²) in [4.78, 5) is 25.4. The summed E-state index contributed by atoms with van der Waals surface area (Å²) in [5.41, 5.74) is 4.26. The average molecular weight is 365 g/mol. The van der Waals surface area contributed by atoms with Crippen molar-refractivity contribution in [1.29, 1.82) is 0 Å². The number of aromatic nitrogens is 4. The highest BCUT2D eigenvalue weighted by Gasteiger charge is 2.17. The Kier molecular flexibility index (Phi) is 3.89. The molecule has 7 nitrogen and oxygen atoms in total. The number of carbonyl (C=O) groups is 1. The molecule has 3 aromatic heterocycles. The lowest BCUT2D eigenvalue weighted by Gasteiger charge is -2.01.